The number of aliphatic hydroxyl groups is 1. The predicted octanol–water partition coefficient (Wildman–Crippen LogP) is 4.90. The standard InChI is InChI=1S/C27H33F3N2O/c1-31-13-15-32(16-14-31)19-22-6-3-2-5-21(17-20-9-11-23(28)12-10-20)27(22,33)18-24-25(29)7-4-8-26(24)30/h4,7-12,17,22,33H,2-3,5-6,13-16,18-19H2,1H3/b21-17-. The second-order valence-corrected chi connectivity index (χ2v) is 9.57. The van der Waals surface area contributed by atoms with E-state index in [1.165, 1.54) is 30.3 Å². The summed E-state index contributed by atoms with van der Waals surface area (Å²) < 4.78 is 42.8. The molecule has 1 aliphatic heterocycles. The molecule has 33 heavy (non-hydrogen) atoms. The van der Waals surface area contributed by atoms with Crippen LogP contribution in [0, 0.1) is 23.4 Å². The predicted molar refractivity (Wildman–Crippen MR) is 125 cm³/mol. The Labute approximate surface area is 194 Å². The van der Waals surface area contributed by atoms with E-state index in [9.17, 15) is 18.3 Å². The molecule has 2 aliphatic rings. The first kappa shape index (κ1) is 24.0. The normalized spacial score (nSPS) is 26.5. The monoisotopic (exact) mass is 458 g/mol. The molecular weight excluding hydrogens is 425 g/mol. The van der Waals surface area contributed by atoms with Crippen molar-refractivity contribution in [3.8, 4) is 0 Å². The molecule has 0 bridgehead atoms. The van der Waals surface area contributed by atoms with Gasteiger partial charge in [0.15, 0.2) is 0 Å². The quantitative estimate of drug-likeness (QED) is 0.646. The van der Waals surface area contributed by atoms with Gasteiger partial charge in [0, 0.05) is 50.6 Å². The Morgan fingerprint density at radius 1 is 0.970 bits per heavy atom. The summed E-state index contributed by atoms with van der Waals surface area (Å²) in [6.45, 7) is 4.43. The molecule has 2 atom stereocenters. The Bertz CT molecular complexity index is 950. The van der Waals surface area contributed by atoms with Crippen molar-refractivity contribution in [3.05, 3.63) is 76.6 Å². The van der Waals surface area contributed by atoms with Crippen LogP contribution < -0.4 is 0 Å². The summed E-state index contributed by atoms with van der Waals surface area (Å²) in [4.78, 5) is 4.64. The van der Waals surface area contributed by atoms with Crippen LogP contribution in [0.25, 0.3) is 6.08 Å². The van der Waals surface area contributed by atoms with E-state index in [1.54, 1.807) is 12.1 Å². The van der Waals surface area contributed by atoms with Crippen LogP contribution in [0.1, 0.15) is 36.8 Å². The van der Waals surface area contributed by atoms with Gasteiger partial charge in [0.1, 0.15) is 17.5 Å². The van der Waals surface area contributed by atoms with Crippen molar-refractivity contribution in [2.24, 2.45) is 5.92 Å². The van der Waals surface area contributed by atoms with Crippen LogP contribution in [0.15, 0.2) is 48.0 Å². The summed E-state index contributed by atoms with van der Waals surface area (Å²) in [5, 5.41) is 12.3. The molecule has 4 rings (SSSR count). The highest BCUT2D eigenvalue weighted by atomic mass is 19.1. The summed E-state index contributed by atoms with van der Waals surface area (Å²) in [6, 6.07) is 9.97. The Kier molecular flexibility index (Phi) is 7.57. The maximum atomic E-state index is 14.7. The molecule has 3 nitrogen and oxygen atoms in total. The molecule has 2 aromatic rings. The lowest BCUT2D eigenvalue weighted by atomic mass is 9.74. The number of rotatable bonds is 5. The van der Waals surface area contributed by atoms with E-state index >= 15 is 0 Å². The fourth-order valence-corrected chi connectivity index (χ4v) is 5.19. The summed E-state index contributed by atoms with van der Waals surface area (Å²) in [5.41, 5.74) is 0.0832. The van der Waals surface area contributed by atoms with E-state index in [0.29, 0.717) is 13.0 Å². The van der Waals surface area contributed by atoms with Gasteiger partial charge < -0.3 is 14.9 Å². The van der Waals surface area contributed by atoms with E-state index < -0.39 is 17.2 Å². The van der Waals surface area contributed by atoms with Crippen molar-refractivity contribution >= 4 is 6.08 Å². The van der Waals surface area contributed by atoms with Crippen LogP contribution in [0.5, 0.6) is 0 Å². The average molecular weight is 459 g/mol. The second kappa shape index (κ2) is 10.4. The molecule has 0 radical (unpaired) electrons. The Morgan fingerprint density at radius 2 is 1.64 bits per heavy atom. The third-order valence-electron chi connectivity index (χ3n) is 7.27. The summed E-state index contributed by atoms with van der Waals surface area (Å²) >= 11 is 0. The lowest BCUT2D eigenvalue weighted by molar-refractivity contribution is -0.00756. The van der Waals surface area contributed by atoms with Gasteiger partial charge in [-0.05, 0) is 61.7 Å². The minimum atomic E-state index is -1.39. The first-order chi connectivity index (χ1) is 15.8. The minimum Gasteiger partial charge on any atom is -0.385 e. The minimum absolute atomic E-state index is 0.0738. The zero-order valence-corrected chi connectivity index (χ0v) is 19.2. The number of hydrogen-bond donors (Lipinski definition) is 1. The molecule has 0 amide bonds. The first-order valence-corrected chi connectivity index (χ1v) is 11.9. The zero-order chi connectivity index (χ0) is 23.4. The van der Waals surface area contributed by atoms with Crippen molar-refractivity contribution in [2.75, 3.05) is 39.8 Å². The van der Waals surface area contributed by atoms with Crippen molar-refractivity contribution in [1.29, 1.82) is 0 Å². The van der Waals surface area contributed by atoms with Crippen LogP contribution in [0.3, 0.4) is 0 Å². The topological polar surface area (TPSA) is 26.7 Å². The van der Waals surface area contributed by atoms with Crippen LogP contribution in [-0.4, -0.2) is 60.3 Å². The number of hydrogen-bond acceptors (Lipinski definition) is 3. The van der Waals surface area contributed by atoms with Crippen molar-refractivity contribution in [3.63, 3.8) is 0 Å². The van der Waals surface area contributed by atoms with Crippen LogP contribution >= 0.6 is 0 Å². The summed E-state index contributed by atoms with van der Waals surface area (Å²) in [5.74, 6) is -1.75. The number of nitrogens with zero attached hydrogens (tertiary/aromatic N) is 2. The molecule has 2 unspecified atom stereocenters. The Balaban J connectivity index is 1.72. The molecule has 0 spiro atoms. The number of likely N-dealkylation sites (N-methyl/N-ethyl adjacent to an activating group) is 1. The molecule has 1 saturated carbocycles. The summed E-state index contributed by atoms with van der Waals surface area (Å²) in [6.07, 6.45) is 5.05. The molecule has 2 fully saturated rings. The number of piperazine rings is 1. The van der Waals surface area contributed by atoms with Gasteiger partial charge in [0.2, 0.25) is 0 Å². The Morgan fingerprint density at radius 3 is 2.30 bits per heavy atom. The molecule has 0 aromatic heterocycles. The molecular formula is C27H33F3N2O. The SMILES string of the molecule is CN1CCN(CC2CCCC/C(=C/c3ccc(F)cc3)C2(O)Cc2c(F)cccc2F)CC1. The van der Waals surface area contributed by atoms with Crippen molar-refractivity contribution in [1.82, 2.24) is 9.80 Å². The van der Waals surface area contributed by atoms with Gasteiger partial charge >= 0.3 is 0 Å². The third kappa shape index (κ3) is 5.68. The van der Waals surface area contributed by atoms with Gasteiger partial charge in [-0.25, -0.2) is 13.2 Å². The largest absolute Gasteiger partial charge is 0.385 e. The maximum Gasteiger partial charge on any atom is 0.129 e. The van der Waals surface area contributed by atoms with Gasteiger partial charge in [-0.15, -0.1) is 0 Å². The highest BCUT2D eigenvalue weighted by Crippen LogP contribution is 2.41. The van der Waals surface area contributed by atoms with E-state index in [2.05, 4.69) is 16.8 Å². The van der Waals surface area contributed by atoms with Crippen LogP contribution in [-0.2, 0) is 6.42 Å². The fraction of sp³-hybridized carbons (Fsp3) is 0.481. The Hall–Kier alpha value is -2.15. The molecule has 6 heteroatoms. The average Bonchev–Trinajstić information content (AvgIpc) is 2.93. The van der Waals surface area contributed by atoms with Gasteiger partial charge in [0.05, 0.1) is 5.60 Å². The fourth-order valence-electron chi connectivity index (χ4n) is 5.19. The highest BCUT2D eigenvalue weighted by Gasteiger charge is 2.43. The summed E-state index contributed by atoms with van der Waals surface area (Å²) in [7, 11) is 2.10. The van der Waals surface area contributed by atoms with E-state index in [4.69, 9.17) is 0 Å². The lowest BCUT2D eigenvalue weighted by Crippen LogP contribution is -2.51. The molecule has 178 valence electrons. The van der Waals surface area contributed by atoms with Crippen LogP contribution in [0.4, 0.5) is 13.2 Å². The van der Waals surface area contributed by atoms with Crippen molar-refractivity contribution < 1.29 is 18.3 Å². The van der Waals surface area contributed by atoms with Crippen molar-refractivity contribution in [2.45, 2.75) is 37.7 Å². The molecule has 1 saturated heterocycles. The molecule has 1 heterocycles. The van der Waals surface area contributed by atoms with Gasteiger partial charge in [0.25, 0.3) is 0 Å². The highest BCUT2D eigenvalue weighted by molar-refractivity contribution is 5.56. The van der Waals surface area contributed by atoms with E-state index in [0.717, 1.165) is 56.6 Å². The van der Waals surface area contributed by atoms with E-state index in [1.807, 2.05) is 6.08 Å². The van der Waals surface area contributed by atoms with E-state index in [-0.39, 0.29) is 23.7 Å². The van der Waals surface area contributed by atoms with Gasteiger partial charge in [-0.3, -0.25) is 0 Å². The smallest absolute Gasteiger partial charge is 0.129 e. The lowest BCUT2D eigenvalue weighted by Gasteiger charge is -2.42. The second-order valence-electron chi connectivity index (χ2n) is 9.57. The van der Waals surface area contributed by atoms with Gasteiger partial charge in [-0.2, -0.15) is 0 Å². The first-order valence-electron chi connectivity index (χ1n) is 11.9. The number of benzene rings is 2. The molecule has 2 aromatic carbocycles. The number of halogens is 3. The third-order valence-corrected chi connectivity index (χ3v) is 7.27. The maximum absolute atomic E-state index is 14.7. The van der Waals surface area contributed by atoms with Crippen LogP contribution in [0.2, 0.25) is 0 Å². The van der Waals surface area contributed by atoms with Gasteiger partial charge in [-0.1, -0.05) is 30.7 Å². The molecule has 1 aliphatic carbocycles. The molecule has 1 N–H and O–H groups in total. The zero-order valence-electron chi connectivity index (χ0n) is 19.2.